The zero-order valence-electron chi connectivity index (χ0n) is 9.72. The summed E-state index contributed by atoms with van der Waals surface area (Å²) in [7, 11) is 2.75. The summed E-state index contributed by atoms with van der Waals surface area (Å²) in [5, 5.41) is 10.4. The molecule has 1 aromatic carbocycles. The number of ether oxygens (including phenoxy) is 2. The number of carbonyl (C=O) groups is 1. The Kier molecular flexibility index (Phi) is 5.58. The van der Waals surface area contributed by atoms with Crippen LogP contribution in [0.2, 0.25) is 5.02 Å². The summed E-state index contributed by atoms with van der Waals surface area (Å²) in [6.45, 7) is 0. The Bertz CT molecular complexity index is 359. The van der Waals surface area contributed by atoms with Crippen LogP contribution in [0, 0.1) is 0 Å². The lowest BCUT2D eigenvalue weighted by atomic mass is 10.0. The molecule has 0 fully saturated rings. The summed E-state index contributed by atoms with van der Waals surface area (Å²) in [6, 6.07) is 6.67. The predicted octanol–water partition coefficient (Wildman–Crippen LogP) is 1.95. The summed E-state index contributed by atoms with van der Waals surface area (Å²) in [4.78, 5) is 11.6. The highest BCUT2D eigenvalue weighted by molar-refractivity contribution is 6.30. The molecule has 0 amide bonds. The normalized spacial score (nSPS) is 12.8. The molecule has 0 heterocycles. The maximum atomic E-state index is 11.6. The van der Waals surface area contributed by atoms with Crippen molar-refractivity contribution in [2.24, 2.45) is 0 Å². The van der Waals surface area contributed by atoms with E-state index < -0.39 is 12.4 Å². The molecular formula is C12H15ClO4. The van der Waals surface area contributed by atoms with E-state index in [-0.39, 0.29) is 12.2 Å². The third kappa shape index (κ3) is 4.09. The van der Waals surface area contributed by atoms with Gasteiger partial charge in [-0.25, -0.2) is 0 Å². The van der Waals surface area contributed by atoms with Crippen LogP contribution >= 0.6 is 11.6 Å². The molecule has 1 aromatic rings. The zero-order valence-corrected chi connectivity index (χ0v) is 10.5. The second kappa shape index (κ2) is 6.71. The molecule has 0 aromatic heterocycles. The van der Waals surface area contributed by atoms with E-state index >= 15 is 0 Å². The number of rotatable bonds is 6. The van der Waals surface area contributed by atoms with Gasteiger partial charge in [-0.1, -0.05) is 23.7 Å². The van der Waals surface area contributed by atoms with Crippen molar-refractivity contribution in [3.8, 4) is 0 Å². The summed E-state index contributed by atoms with van der Waals surface area (Å²) < 4.78 is 9.63. The summed E-state index contributed by atoms with van der Waals surface area (Å²) >= 11 is 5.73. The van der Waals surface area contributed by atoms with Gasteiger partial charge in [-0.3, -0.25) is 4.79 Å². The third-order valence-electron chi connectivity index (χ3n) is 2.34. The molecule has 1 rings (SSSR count). The number of carbonyl (C=O) groups excluding carboxylic acids is 1. The number of benzene rings is 1. The van der Waals surface area contributed by atoms with Crippen LogP contribution in [0.3, 0.4) is 0 Å². The average Bonchev–Trinajstić information content (AvgIpc) is 2.31. The van der Waals surface area contributed by atoms with E-state index in [1.807, 2.05) is 0 Å². The van der Waals surface area contributed by atoms with Crippen LogP contribution in [-0.4, -0.2) is 31.4 Å². The predicted molar refractivity (Wildman–Crippen MR) is 63.8 cm³/mol. The third-order valence-corrected chi connectivity index (χ3v) is 2.59. The minimum absolute atomic E-state index is 0.0615. The van der Waals surface area contributed by atoms with Gasteiger partial charge in [0.1, 0.15) is 0 Å². The van der Waals surface area contributed by atoms with Gasteiger partial charge in [0.05, 0.1) is 6.10 Å². The minimum Gasteiger partial charge on any atom is -0.388 e. The van der Waals surface area contributed by atoms with E-state index in [0.29, 0.717) is 10.6 Å². The Morgan fingerprint density at radius 1 is 1.29 bits per heavy atom. The summed E-state index contributed by atoms with van der Waals surface area (Å²) in [5.74, 6) is -0.308. The van der Waals surface area contributed by atoms with E-state index in [4.69, 9.17) is 21.1 Å². The first-order chi connectivity index (χ1) is 8.08. The van der Waals surface area contributed by atoms with E-state index in [0.717, 1.165) is 0 Å². The number of halogens is 1. The standard InChI is InChI=1S/C12H15ClO4/c1-16-12(17-2)11(15)7-10(14)8-3-5-9(13)6-4-8/h3-6,10,12,14H,7H2,1-2H3/t10-/m0/s1. The molecule has 17 heavy (non-hydrogen) atoms. The van der Waals surface area contributed by atoms with E-state index in [1.165, 1.54) is 14.2 Å². The van der Waals surface area contributed by atoms with Crippen molar-refractivity contribution in [2.75, 3.05) is 14.2 Å². The number of ketones is 1. The fourth-order valence-corrected chi connectivity index (χ4v) is 1.57. The molecule has 1 atom stereocenters. The Morgan fingerprint density at radius 2 is 1.82 bits per heavy atom. The fourth-order valence-electron chi connectivity index (χ4n) is 1.45. The maximum Gasteiger partial charge on any atom is 0.217 e. The zero-order chi connectivity index (χ0) is 12.8. The quantitative estimate of drug-likeness (QED) is 0.793. The van der Waals surface area contributed by atoms with Crippen LogP contribution in [0.15, 0.2) is 24.3 Å². The Labute approximate surface area is 105 Å². The van der Waals surface area contributed by atoms with Gasteiger partial charge in [-0.15, -0.1) is 0 Å². The Morgan fingerprint density at radius 3 is 2.29 bits per heavy atom. The van der Waals surface area contributed by atoms with Gasteiger partial charge in [0.2, 0.25) is 6.29 Å². The van der Waals surface area contributed by atoms with Crippen molar-refractivity contribution in [3.63, 3.8) is 0 Å². The summed E-state index contributed by atoms with van der Waals surface area (Å²) in [5.41, 5.74) is 0.633. The second-order valence-corrected chi connectivity index (χ2v) is 3.98. The van der Waals surface area contributed by atoms with Crippen LogP contribution < -0.4 is 0 Å². The van der Waals surface area contributed by atoms with Crippen LogP contribution in [-0.2, 0) is 14.3 Å². The molecule has 0 spiro atoms. The van der Waals surface area contributed by atoms with Gasteiger partial charge >= 0.3 is 0 Å². The van der Waals surface area contributed by atoms with Gasteiger partial charge in [-0.05, 0) is 17.7 Å². The molecule has 0 aliphatic carbocycles. The largest absolute Gasteiger partial charge is 0.388 e. The summed E-state index contributed by atoms with van der Waals surface area (Å²) in [6.07, 6.45) is -1.88. The molecule has 0 bridgehead atoms. The van der Waals surface area contributed by atoms with Gasteiger partial charge < -0.3 is 14.6 Å². The number of aliphatic hydroxyl groups excluding tert-OH is 1. The van der Waals surface area contributed by atoms with Crippen molar-refractivity contribution in [1.82, 2.24) is 0 Å². The SMILES string of the molecule is COC(OC)C(=O)C[C@H](O)c1ccc(Cl)cc1. The molecular weight excluding hydrogens is 244 g/mol. The number of aliphatic hydroxyl groups is 1. The van der Waals surface area contributed by atoms with Crippen molar-refractivity contribution in [2.45, 2.75) is 18.8 Å². The monoisotopic (exact) mass is 258 g/mol. The number of hydrogen-bond acceptors (Lipinski definition) is 4. The highest BCUT2D eigenvalue weighted by Gasteiger charge is 2.21. The lowest BCUT2D eigenvalue weighted by molar-refractivity contribution is -0.158. The molecule has 0 aliphatic heterocycles. The van der Waals surface area contributed by atoms with Crippen molar-refractivity contribution in [1.29, 1.82) is 0 Å². The van der Waals surface area contributed by atoms with Gasteiger partial charge in [-0.2, -0.15) is 0 Å². The number of Topliss-reactive ketones (excluding diaryl/α,β-unsaturated/α-hetero) is 1. The average molecular weight is 259 g/mol. The van der Waals surface area contributed by atoms with Crippen LogP contribution in [0.1, 0.15) is 18.1 Å². The highest BCUT2D eigenvalue weighted by Crippen LogP contribution is 2.20. The fraction of sp³-hybridized carbons (Fsp3) is 0.417. The van der Waals surface area contributed by atoms with Crippen molar-refractivity contribution >= 4 is 17.4 Å². The molecule has 5 heteroatoms. The molecule has 94 valence electrons. The number of methoxy groups -OCH3 is 2. The molecule has 0 unspecified atom stereocenters. The van der Waals surface area contributed by atoms with E-state index in [9.17, 15) is 9.90 Å². The first kappa shape index (κ1) is 14.1. The van der Waals surface area contributed by atoms with Crippen LogP contribution in [0.4, 0.5) is 0 Å². The van der Waals surface area contributed by atoms with Gasteiger partial charge in [0.25, 0.3) is 0 Å². The molecule has 0 aliphatic rings. The minimum atomic E-state index is -0.933. The van der Waals surface area contributed by atoms with Crippen molar-refractivity contribution < 1.29 is 19.4 Å². The van der Waals surface area contributed by atoms with Gasteiger partial charge in [0.15, 0.2) is 5.78 Å². The molecule has 4 nitrogen and oxygen atoms in total. The Hall–Kier alpha value is -0.940. The smallest absolute Gasteiger partial charge is 0.217 e. The topological polar surface area (TPSA) is 55.8 Å². The molecule has 0 radical (unpaired) electrons. The van der Waals surface area contributed by atoms with Crippen molar-refractivity contribution in [3.05, 3.63) is 34.9 Å². The van der Waals surface area contributed by atoms with Gasteiger partial charge in [0, 0.05) is 25.7 Å². The first-order valence-corrected chi connectivity index (χ1v) is 5.48. The Balaban J connectivity index is 2.62. The maximum absolute atomic E-state index is 11.6. The highest BCUT2D eigenvalue weighted by atomic mass is 35.5. The second-order valence-electron chi connectivity index (χ2n) is 3.54. The molecule has 0 saturated heterocycles. The van der Waals surface area contributed by atoms with E-state index in [1.54, 1.807) is 24.3 Å². The lowest BCUT2D eigenvalue weighted by Gasteiger charge is -2.15. The molecule has 0 saturated carbocycles. The first-order valence-electron chi connectivity index (χ1n) is 5.10. The van der Waals surface area contributed by atoms with E-state index in [2.05, 4.69) is 0 Å². The number of hydrogen-bond donors (Lipinski definition) is 1. The molecule has 1 N–H and O–H groups in total. The van der Waals surface area contributed by atoms with Crippen LogP contribution in [0.25, 0.3) is 0 Å². The lowest BCUT2D eigenvalue weighted by Crippen LogP contribution is -2.26. The van der Waals surface area contributed by atoms with Crippen LogP contribution in [0.5, 0.6) is 0 Å².